The molecule has 6 nitrogen and oxygen atoms in total. The summed E-state index contributed by atoms with van der Waals surface area (Å²) in [5, 5.41) is 0. The van der Waals surface area contributed by atoms with Crippen LogP contribution in [0.1, 0.15) is 39.5 Å². The van der Waals surface area contributed by atoms with Gasteiger partial charge in [-0.1, -0.05) is 0 Å². The Labute approximate surface area is 127 Å². The van der Waals surface area contributed by atoms with Crippen LogP contribution < -0.4 is 0 Å². The molecule has 21 heavy (non-hydrogen) atoms. The summed E-state index contributed by atoms with van der Waals surface area (Å²) in [4.78, 5) is 32.8. The van der Waals surface area contributed by atoms with Crippen molar-refractivity contribution in [2.75, 3.05) is 0 Å². The van der Waals surface area contributed by atoms with Crippen LogP contribution in [0.5, 0.6) is 0 Å². The van der Waals surface area contributed by atoms with Gasteiger partial charge >= 0.3 is 128 Å². The quantitative estimate of drug-likeness (QED) is 0.527. The average molecular weight is 330 g/mol. The van der Waals surface area contributed by atoms with Crippen LogP contribution in [0.25, 0.3) is 0 Å². The van der Waals surface area contributed by atoms with Crippen LogP contribution in [-0.4, -0.2) is 19.4 Å². The maximum atomic E-state index is 10.9. The average Bonchev–Trinajstić information content (AvgIpc) is 2.73. The third-order valence-corrected chi connectivity index (χ3v) is 9.42. The Bertz CT molecular complexity index is 497. The molecule has 0 aromatic heterocycles. The van der Waals surface area contributed by atoms with Crippen LogP contribution in [0.3, 0.4) is 0 Å². The third kappa shape index (κ3) is 2.36. The van der Waals surface area contributed by atoms with Gasteiger partial charge < -0.3 is 0 Å². The molecule has 0 radical (unpaired) electrons. The zero-order chi connectivity index (χ0) is 15.5. The Morgan fingerprint density at radius 3 is 2.10 bits per heavy atom. The van der Waals surface area contributed by atoms with Gasteiger partial charge in [-0.05, 0) is 0 Å². The van der Waals surface area contributed by atoms with Gasteiger partial charge in [0.2, 0.25) is 0 Å². The molecule has 2 aliphatic rings. The van der Waals surface area contributed by atoms with Crippen molar-refractivity contribution in [3.8, 4) is 0 Å². The fourth-order valence-electron chi connectivity index (χ4n) is 3.36. The first-order valence-corrected chi connectivity index (χ1v) is 9.50. The summed E-state index contributed by atoms with van der Waals surface area (Å²) < 4.78 is 14.6. The van der Waals surface area contributed by atoms with E-state index in [9.17, 15) is 14.4 Å². The Kier molecular flexibility index (Phi) is 4.69. The van der Waals surface area contributed by atoms with Crippen LogP contribution in [0.2, 0.25) is 3.72 Å². The number of carbonyl (C=O) groups excluding carboxylic acids is 3. The molecule has 0 aromatic rings. The molecular formula is C14H18O6Ti. The van der Waals surface area contributed by atoms with Crippen LogP contribution in [-0.2, 0) is 42.1 Å². The molecule has 114 valence electrons. The molecule has 1 atom stereocenters. The summed E-state index contributed by atoms with van der Waals surface area (Å²) in [6, 6.07) is 0. The predicted octanol–water partition coefficient (Wildman–Crippen LogP) is 2.41. The molecule has 0 spiro atoms. The van der Waals surface area contributed by atoms with Gasteiger partial charge in [0.15, 0.2) is 0 Å². The van der Waals surface area contributed by atoms with Crippen LogP contribution in [0.4, 0.5) is 0 Å². The molecular weight excluding hydrogens is 312 g/mol. The summed E-state index contributed by atoms with van der Waals surface area (Å²) in [5.41, 5.74) is 3.14. The van der Waals surface area contributed by atoms with Gasteiger partial charge in [0.1, 0.15) is 0 Å². The summed E-state index contributed by atoms with van der Waals surface area (Å²) in [5.74, 6) is 0. The van der Waals surface area contributed by atoms with Crippen molar-refractivity contribution >= 4 is 19.4 Å². The van der Waals surface area contributed by atoms with E-state index in [-0.39, 0.29) is 19.4 Å². The summed E-state index contributed by atoms with van der Waals surface area (Å²) in [6.45, 7) is 4.32. The summed E-state index contributed by atoms with van der Waals surface area (Å²) in [6.07, 6.45) is 5.89. The Morgan fingerprint density at radius 2 is 1.57 bits per heavy atom. The second kappa shape index (κ2) is 6.16. The van der Waals surface area contributed by atoms with Gasteiger partial charge in [-0.2, -0.15) is 0 Å². The Balaban J connectivity index is 2.57. The minimum absolute atomic E-state index is 0.201. The molecule has 0 aromatic carbocycles. The predicted molar refractivity (Wildman–Crippen MR) is 69.1 cm³/mol. The molecule has 0 heterocycles. The minimum atomic E-state index is -4.51. The van der Waals surface area contributed by atoms with Crippen LogP contribution >= 0.6 is 0 Å². The van der Waals surface area contributed by atoms with E-state index in [0.29, 0.717) is 0 Å². The van der Waals surface area contributed by atoms with E-state index < -0.39 is 21.5 Å². The van der Waals surface area contributed by atoms with E-state index in [1.54, 1.807) is 0 Å². The molecule has 7 heteroatoms. The van der Waals surface area contributed by atoms with Crippen LogP contribution in [0.15, 0.2) is 22.8 Å². The number of hydrogen-bond acceptors (Lipinski definition) is 6. The zero-order valence-corrected chi connectivity index (χ0v) is 13.6. The summed E-state index contributed by atoms with van der Waals surface area (Å²) in [7, 11) is 0. The molecule has 0 saturated carbocycles. The number of allylic oxidation sites excluding steroid dienone is 4. The molecule has 2 aliphatic carbocycles. The van der Waals surface area contributed by atoms with Crippen molar-refractivity contribution in [1.29, 1.82) is 0 Å². The van der Waals surface area contributed by atoms with Gasteiger partial charge in [0.05, 0.1) is 0 Å². The van der Waals surface area contributed by atoms with Crippen molar-refractivity contribution in [2.24, 2.45) is 0 Å². The van der Waals surface area contributed by atoms with Gasteiger partial charge in [-0.15, -0.1) is 0 Å². The van der Waals surface area contributed by atoms with Gasteiger partial charge in [0, 0.05) is 0 Å². The molecule has 2 rings (SSSR count). The fraction of sp³-hybridized carbons (Fsp3) is 0.500. The van der Waals surface area contributed by atoms with Crippen molar-refractivity contribution < 1.29 is 42.1 Å². The van der Waals surface area contributed by atoms with Crippen molar-refractivity contribution in [3.63, 3.8) is 0 Å². The Morgan fingerprint density at radius 1 is 1.05 bits per heavy atom. The molecule has 0 bridgehead atoms. The van der Waals surface area contributed by atoms with Crippen molar-refractivity contribution in [3.05, 3.63) is 22.8 Å². The topological polar surface area (TPSA) is 78.9 Å². The molecule has 0 saturated heterocycles. The molecule has 0 fully saturated rings. The fourth-order valence-corrected chi connectivity index (χ4v) is 7.20. The van der Waals surface area contributed by atoms with Gasteiger partial charge in [-0.3, -0.25) is 0 Å². The van der Waals surface area contributed by atoms with E-state index in [2.05, 4.69) is 0 Å². The van der Waals surface area contributed by atoms with E-state index in [0.717, 1.165) is 36.8 Å². The third-order valence-electron chi connectivity index (χ3n) is 4.52. The molecule has 0 N–H and O–H groups in total. The number of carbonyl (C=O) groups is 3. The first-order chi connectivity index (χ1) is 10.1. The zero-order valence-electron chi connectivity index (χ0n) is 12.1. The first kappa shape index (κ1) is 16.0. The standard InChI is InChI=1S/C11H15.3CH2O2.Ti/c1-8-7-10-5-3-4-6-11(10)9(8)2;3*2-1-3;/h7H,3-6H2,1-2H3;3*1H,(H,2,3);/q;;;;+3/p-3. The van der Waals surface area contributed by atoms with E-state index in [1.165, 1.54) is 5.57 Å². The van der Waals surface area contributed by atoms with Crippen LogP contribution in [0, 0.1) is 0 Å². The second-order valence-electron chi connectivity index (χ2n) is 5.36. The van der Waals surface area contributed by atoms with E-state index >= 15 is 0 Å². The number of hydrogen-bond donors (Lipinski definition) is 0. The molecule has 1 unspecified atom stereocenters. The van der Waals surface area contributed by atoms with Crippen molar-refractivity contribution in [2.45, 2.75) is 43.3 Å². The van der Waals surface area contributed by atoms with Gasteiger partial charge in [-0.25, -0.2) is 0 Å². The monoisotopic (exact) mass is 330 g/mol. The van der Waals surface area contributed by atoms with Gasteiger partial charge in [0.25, 0.3) is 0 Å². The van der Waals surface area contributed by atoms with Crippen molar-refractivity contribution in [1.82, 2.24) is 0 Å². The Hall–Kier alpha value is -1.40. The maximum absolute atomic E-state index is 10.9. The van der Waals surface area contributed by atoms with E-state index in [4.69, 9.17) is 9.96 Å². The normalized spacial score (nSPS) is 24.8. The first-order valence-electron chi connectivity index (χ1n) is 6.81. The molecule has 0 amide bonds. The van der Waals surface area contributed by atoms with E-state index in [1.807, 2.05) is 19.9 Å². The second-order valence-corrected chi connectivity index (χ2v) is 9.76. The summed E-state index contributed by atoms with van der Waals surface area (Å²) >= 11 is -4.51. The SMILES string of the molecule is CC1=CC2=C(CCCC2)[C]1(C)[Ti]([O]C=O)([O]C=O)[O]C=O. The molecule has 0 aliphatic heterocycles. The number of rotatable bonds is 7.